The largest absolute Gasteiger partial charge is 0.495 e. The Morgan fingerprint density at radius 3 is 2.65 bits per heavy atom. The molecule has 1 fully saturated rings. The number of likely N-dealkylation sites (tertiary alicyclic amines) is 1. The van der Waals surface area contributed by atoms with Crippen molar-refractivity contribution in [1.82, 2.24) is 14.5 Å². The van der Waals surface area contributed by atoms with Crippen LogP contribution in [0.3, 0.4) is 0 Å². The molecule has 7 heteroatoms. The van der Waals surface area contributed by atoms with Crippen molar-refractivity contribution >= 4 is 16.6 Å². The van der Waals surface area contributed by atoms with Crippen molar-refractivity contribution in [3.63, 3.8) is 0 Å². The van der Waals surface area contributed by atoms with E-state index in [1.807, 2.05) is 0 Å². The molecule has 0 spiro atoms. The lowest BCUT2D eigenvalue weighted by molar-refractivity contribution is 0.104. The number of aromatic nitrogens is 2. The average molecular weight is 421 g/mol. The molecule has 1 aliphatic heterocycles. The van der Waals surface area contributed by atoms with Crippen LogP contribution in [0.5, 0.6) is 5.75 Å². The molecule has 0 atom stereocenters. The number of piperidine rings is 1. The summed E-state index contributed by atoms with van der Waals surface area (Å²) in [5.74, 6) is -0.223. The van der Waals surface area contributed by atoms with Gasteiger partial charge in [0.25, 0.3) is 5.56 Å². The Labute approximate surface area is 179 Å². The molecule has 0 radical (unpaired) electrons. The minimum absolute atomic E-state index is 0.210. The van der Waals surface area contributed by atoms with Crippen LogP contribution >= 0.6 is 0 Å². The Balaban J connectivity index is 1.63. The maximum absolute atomic E-state index is 14.0. The van der Waals surface area contributed by atoms with Gasteiger partial charge in [0.1, 0.15) is 11.6 Å². The third-order valence-corrected chi connectivity index (χ3v) is 6.33. The first kappa shape index (κ1) is 19.9. The van der Waals surface area contributed by atoms with E-state index in [9.17, 15) is 14.0 Å². The number of rotatable bonds is 5. The summed E-state index contributed by atoms with van der Waals surface area (Å²) >= 11 is 0. The lowest BCUT2D eigenvalue weighted by atomic mass is 10.0. The first-order valence-corrected chi connectivity index (χ1v) is 10.8. The molecule has 6 nitrogen and oxygen atoms in total. The van der Waals surface area contributed by atoms with Gasteiger partial charge in [0.05, 0.1) is 41.2 Å². The zero-order valence-electron chi connectivity index (χ0n) is 17.5. The second-order valence-corrected chi connectivity index (χ2v) is 8.23. The van der Waals surface area contributed by atoms with Gasteiger partial charge in [-0.2, -0.15) is 0 Å². The van der Waals surface area contributed by atoms with Crippen molar-refractivity contribution in [3.05, 3.63) is 57.8 Å². The standard InChI is InChI=1S/C24H24FN3O3/c1-31-16-13-19-21(26-14-16)22-20(23(19)29)17-7-6-15(25)12-18(17)24(30)28(22)11-5-10-27-8-3-2-4-9-27/h6-7,12-14H,2-5,8-11H2,1H3. The van der Waals surface area contributed by atoms with E-state index in [0.29, 0.717) is 40.2 Å². The van der Waals surface area contributed by atoms with E-state index in [-0.39, 0.29) is 16.7 Å². The molecule has 1 aromatic carbocycles. The summed E-state index contributed by atoms with van der Waals surface area (Å²) in [5, 5.41) is 0.695. The van der Waals surface area contributed by atoms with E-state index in [1.165, 1.54) is 44.6 Å². The van der Waals surface area contributed by atoms with Crippen molar-refractivity contribution < 1.29 is 13.9 Å². The number of benzene rings is 1. The minimum Gasteiger partial charge on any atom is -0.495 e. The topological polar surface area (TPSA) is 64.4 Å². The fourth-order valence-corrected chi connectivity index (χ4v) is 4.80. The average Bonchev–Trinajstić information content (AvgIpc) is 3.08. The second kappa shape index (κ2) is 7.89. The highest BCUT2D eigenvalue weighted by molar-refractivity contribution is 6.26. The molecule has 3 aromatic rings. The summed E-state index contributed by atoms with van der Waals surface area (Å²) in [6, 6.07) is 5.68. The number of pyridine rings is 2. The van der Waals surface area contributed by atoms with Crippen molar-refractivity contribution in [3.8, 4) is 17.1 Å². The van der Waals surface area contributed by atoms with Crippen LogP contribution in [0.1, 0.15) is 41.6 Å². The predicted octanol–water partition coefficient (Wildman–Crippen LogP) is 3.63. The van der Waals surface area contributed by atoms with Crippen LogP contribution in [0.4, 0.5) is 4.39 Å². The van der Waals surface area contributed by atoms with Gasteiger partial charge in [-0.25, -0.2) is 4.39 Å². The van der Waals surface area contributed by atoms with Crippen molar-refractivity contribution in [1.29, 1.82) is 0 Å². The number of fused-ring (bicyclic) bond motifs is 5. The molecule has 0 amide bonds. The van der Waals surface area contributed by atoms with Crippen LogP contribution in [0.2, 0.25) is 0 Å². The van der Waals surface area contributed by atoms with Gasteiger partial charge in [0.2, 0.25) is 0 Å². The highest BCUT2D eigenvalue weighted by atomic mass is 19.1. The van der Waals surface area contributed by atoms with Gasteiger partial charge < -0.3 is 14.2 Å². The third-order valence-electron chi connectivity index (χ3n) is 6.33. The summed E-state index contributed by atoms with van der Waals surface area (Å²) in [7, 11) is 1.52. The zero-order valence-corrected chi connectivity index (χ0v) is 17.5. The van der Waals surface area contributed by atoms with Gasteiger partial charge in [0, 0.05) is 11.9 Å². The van der Waals surface area contributed by atoms with Gasteiger partial charge in [-0.1, -0.05) is 12.5 Å². The molecule has 0 N–H and O–H groups in total. The normalized spacial score (nSPS) is 15.9. The molecule has 0 bridgehead atoms. The third kappa shape index (κ3) is 3.33. The van der Waals surface area contributed by atoms with Gasteiger partial charge in [0.15, 0.2) is 5.78 Å². The van der Waals surface area contributed by atoms with E-state index in [0.717, 1.165) is 26.1 Å². The fraction of sp³-hybridized carbons (Fsp3) is 0.375. The Kier molecular flexibility index (Phi) is 5.06. The quantitative estimate of drug-likeness (QED) is 0.492. The van der Waals surface area contributed by atoms with Gasteiger partial charge >= 0.3 is 0 Å². The Morgan fingerprint density at radius 2 is 1.87 bits per heavy atom. The molecular weight excluding hydrogens is 397 g/mol. The molecular formula is C24H24FN3O3. The summed E-state index contributed by atoms with van der Waals surface area (Å²) < 4.78 is 20.8. The number of methoxy groups -OCH3 is 1. The van der Waals surface area contributed by atoms with E-state index in [4.69, 9.17) is 4.74 Å². The summed E-state index contributed by atoms with van der Waals surface area (Å²) in [5.41, 5.74) is 1.57. The molecule has 160 valence electrons. The number of hydrogen-bond donors (Lipinski definition) is 0. The number of nitrogens with zero attached hydrogens (tertiary/aromatic N) is 3. The van der Waals surface area contributed by atoms with Crippen LogP contribution in [0.15, 0.2) is 35.3 Å². The first-order chi connectivity index (χ1) is 15.1. The summed E-state index contributed by atoms with van der Waals surface area (Å²) in [4.78, 5) is 33.6. The number of halogens is 1. The van der Waals surface area contributed by atoms with E-state index < -0.39 is 5.82 Å². The van der Waals surface area contributed by atoms with Crippen molar-refractivity contribution in [2.75, 3.05) is 26.7 Å². The zero-order chi connectivity index (χ0) is 21.5. The number of carbonyl (C=O) groups is 1. The van der Waals surface area contributed by atoms with Crippen molar-refractivity contribution in [2.24, 2.45) is 0 Å². The van der Waals surface area contributed by atoms with Crippen LogP contribution in [0.25, 0.3) is 22.2 Å². The molecule has 2 aliphatic rings. The Hall–Kier alpha value is -3.06. The number of carbonyl (C=O) groups excluding carboxylic acids is 1. The van der Waals surface area contributed by atoms with Gasteiger partial charge in [-0.15, -0.1) is 0 Å². The van der Waals surface area contributed by atoms with Crippen LogP contribution in [0, 0.1) is 5.82 Å². The predicted molar refractivity (Wildman–Crippen MR) is 116 cm³/mol. The highest BCUT2D eigenvalue weighted by Crippen LogP contribution is 2.39. The maximum Gasteiger partial charge on any atom is 0.259 e. The number of hydrogen-bond acceptors (Lipinski definition) is 5. The summed E-state index contributed by atoms with van der Waals surface area (Å²) in [6.45, 7) is 3.50. The number of ketones is 1. The molecule has 31 heavy (non-hydrogen) atoms. The second-order valence-electron chi connectivity index (χ2n) is 8.23. The number of ether oxygens (including phenoxy) is 1. The molecule has 0 saturated carbocycles. The SMILES string of the molecule is COc1cnc2c(c1)C(=O)c1c-2n(CCCN2CCCCC2)c(=O)c2cc(F)ccc12. The lowest BCUT2D eigenvalue weighted by Crippen LogP contribution is -2.32. The van der Waals surface area contributed by atoms with Gasteiger partial charge in [-0.3, -0.25) is 14.6 Å². The lowest BCUT2D eigenvalue weighted by Gasteiger charge is -2.26. The van der Waals surface area contributed by atoms with E-state index in [2.05, 4.69) is 9.88 Å². The van der Waals surface area contributed by atoms with Crippen LogP contribution in [-0.4, -0.2) is 47.0 Å². The molecule has 0 unspecified atom stereocenters. The minimum atomic E-state index is -0.493. The fourth-order valence-electron chi connectivity index (χ4n) is 4.80. The van der Waals surface area contributed by atoms with E-state index in [1.54, 1.807) is 16.8 Å². The molecule has 5 rings (SSSR count). The summed E-state index contributed by atoms with van der Waals surface area (Å²) in [6.07, 6.45) is 6.01. The van der Waals surface area contributed by atoms with Crippen LogP contribution < -0.4 is 10.3 Å². The molecule has 2 aromatic heterocycles. The Morgan fingerprint density at radius 1 is 1.06 bits per heavy atom. The van der Waals surface area contributed by atoms with Gasteiger partial charge in [-0.05, 0) is 57.1 Å². The monoisotopic (exact) mass is 421 g/mol. The molecule has 1 aliphatic carbocycles. The highest BCUT2D eigenvalue weighted by Gasteiger charge is 2.34. The Bertz CT molecular complexity index is 1250. The first-order valence-electron chi connectivity index (χ1n) is 10.8. The maximum atomic E-state index is 14.0. The van der Waals surface area contributed by atoms with E-state index >= 15 is 0 Å². The molecule has 3 heterocycles. The van der Waals surface area contributed by atoms with Crippen molar-refractivity contribution in [2.45, 2.75) is 32.2 Å². The van der Waals surface area contributed by atoms with Crippen LogP contribution in [-0.2, 0) is 6.54 Å². The smallest absolute Gasteiger partial charge is 0.259 e. The molecule has 1 saturated heterocycles.